The number of halogens is 1. The van der Waals surface area contributed by atoms with Gasteiger partial charge in [0.2, 0.25) is 10.0 Å². The van der Waals surface area contributed by atoms with Crippen LogP contribution in [0.1, 0.15) is 19.4 Å². The lowest BCUT2D eigenvalue weighted by Gasteiger charge is -2.40. The number of morpholine rings is 1. The zero-order chi connectivity index (χ0) is 15.7. The van der Waals surface area contributed by atoms with Crippen molar-refractivity contribution in [3.05, 3.63) is 29.6 Å². The molecule has 21 heavy (non-hydrogen) atoms. The molecule has 1 N–H and O–H groups in total. The van der Waals surface area contributed by atoms with Gasteiger partial charge in [-0.25, -0.2) is 12.8 Å². The number of benzene rings is 1. The number of rotatable bonds is 4. The summed E-state index contributed by atoms with van der Waals surface area (Å²) in [4.78, 5) is 0.115. The Kier molecular flexibility index (Phi) is 4.67. The number of sulfonamides is 1. The lowest BCUT2D eigenvalue weighted by Crippen LogP contribution is -2.55. The lowest BCUT2D eigenvalue weighted by molar-refractivity contribution is -0.00771. The highest BCUT2D eigenvalue weighted by atomic mass is 32.2. The van der Waals surface area contributed by atoms with Crippen molar-refractivity contribution in [2.24, 2.45) is 0 Å². The van der Waals surface area contributed by atoms with E-state index in [0.717, 1.165) is 0 Å². The average molecular weight is 316 g/mol. The van der Waals surface area contributed by atoms with E-state index in [-0.39, 0.29) is 11.4 Å². The van der Waals surface area contributed by atoms with E-state index in [9.17, 15) is 12.8 Å². The van der Waals surface area contributed by atoms with Crippen molar-refractivity contribution < 1.29 is 17.5 Å². The SMILES string of the molecule is CNCc1cc(S(=O)(=O)N2CCOCC2(C)C)ccc1F. The Labute approximate surface area is 125 Å². The van der Waals surface area contributed by atoms with Crippen LogP contribution in [0.15, 0.2) is 23.1 Å². The number of ether oxygens (including phenoxy) is 1. The molecule has 118 valence electrons. The third-order valence-corrected chi connectivity index (χ3v) is 5.65. The first-order chi connectivity index (χ1) is 9.79. The molecule has 2 rings (SSSR count). The standard InChI is InChI=1S/C14H21FN2O3S/c1-14(2)10-20-7-6-17(14)21(18,19)12-4-5-13(15)11(8-12)9-16-3/h4-5,8,16H,6-7,9-10H2,1-3H3. The Morgan fingerprint density at radius 3 is 2.76 bits per heavy atom. The second-order valence-corrected chi connectivity index (χ2v) is 7.59. The molecule has 0 aromatic heterocycles. The quantitative estimate of drug-likeness (QED) is 0.911. The molecule has 1 aromatic carbocycles. The van der Waals surface area contributed by atoms with Gasteiger partial charge < -0.3 is 10.1 Å². The number of hydrogen-bond donors (Lipinski definition) is 1. The average Bonchev–Trinajstić information content (AvgIpc) is 2.40. The van der Waals surface area contributed by atoms with Gasteiger partial charge in [-0.3, -0.25) is 0 Å². The Hall–Kier alpha value is -1.02. The van der Waals surface area contributed by atoms with Gasteiger partial charge in [-0.05, 0) is 39.1 Å². The largest absolute Gasteiger partial charge is 0.378 e. The maximum absolute atomic E-state index is 13.7. The van der Waals surface area contributed by atoms with Crippen LogP contribution in [0.3, 0.4) is 0 Å². The van der Waals surface area contributed by atoms with Gasteiger partial charge in [0.15, 0.2) is 0 Å². The Balaban J connectivity index is 2.41. The summed E-state index contributed by atoms with van der Waals surface area (Å²) in [6, 6.07) is 3.91. The highest BCUT2D eigenvalue weighted by molar-refractivity contribution is 7.89. The second-order valence-electron chi connectivity index (χ2n) is 5.73. The highest BCUT2D eigenvalue weighted by Gasteiger charge is 2.39. The second kappa shape index (κ2) is 6.00. The molecule has 0 amide bonds. The van der Waals surface area contributed by atoms with Gasteiger partial charge in [0.25, 0.3) is 0 Å². The van der Waals surface area contributed by atoms with Crippen molar-refractivity contribution >= 4 is 10.0 Å². The molecule has 0 saturated carbocycles. The molecule has 1 saturated heterocycles. The third-order valence-electron chi connectivity index (χ3n) is 3.54. The summed E-state index contributed by atoms with van der Waals surface area (Å²) in [6.07, 6.45) is 0. The third kappa shape index (κ3) is 3.26. The van der Waals surface area contributed by atoms with Crippen molar-refractivity contribution in [3.8, 4) is 0 Å². The summed E-state index contributed by atoms with van der Waals surface area (Å²) in [5.41, 5.74) is -0.279. The van der Waals surface area contributed by atoms with Crippen molar-refractivity contribution in [2.75, 3.05) is 26.8 Å². The first kappa shape index (κ1) is 16.4. The molecule has 1 heterocycles. The van der Waals surface area contributed by atoms with Crippen LogP contribution in [0.2, 0.25) is 0 Å². The van der Waals surface area contributed by atoms with Crippen molar-refractivity contribution in [2.45, 2.75) is 30.8 Å². The topological polar surface area (TPSA) is 58.6 Å². The minimum Gasteiger partial charge on any atom is -0.378 e. The Morgan fingerprint density at radius 1 is 1.43 bits per heavy atom. The number of nitrogens with one attached hydrogen (secondary N) is 1. The molecule has 5 nitrogen and oxygen atoms in total. The molecular formula is C14H21FN2O3S. The minimum absolute atomic E-state index is 0.115. The Morgan fingerprint density at radius 2 is 2.14 bits per heavy atom. The first-order valence-electron chi connectivity index (χ1n) is 6.82. The zero-order valence-corrected chi connectivity index (χ0v) is 13.3. The van der Waals surface area contributed by atoms with E-state index >= 15 is 0 Å². The molecular weight excluding hydrogens is 295 g/mol. The van der Waals surface area contributed by atoms with Gasteiger partial charge >= 0.3 is 0 Å². The summed E-state index contributed by atoms with van der Waals surface area (Å²) < 4.78 is 46.0. The molecule has 1 aromatic rings. The molecule has 0 bridgehead atoms. The Bertz CT molecular complexity index is 617. The molecule has 0 aliphatic carbocycles. The van der Waals surface area contributed by atoms with Crippen LogP contribution in [-0.2, 0) is 21.3 Å². The van der Waals surface area contributed by atoms with Gasteiger partial charge in [0, 0.05) is 18.7 Å². The molecule has 0 atom stereocenters. The predicted molar refractivity (Wildman–Crippen MR) is 78.0 cm³/mol. The van der Waals surface area contributed by atoms with E-state index in [2.05, 4.69) is 5.32 Å². The van der Waals surface area contributed by atoms with Crippen LogP contribution in [-0.4, -0.2) is 45.1 Å². The van der Waals surface area contributed by atoms with E-state index in [4.69, 9.17) is 4.74 Å². The van der Waals surface area contributed by atoms with Crippen LogP contribution in [0.25, 0.3) is 0 Å². The molecule has 1 fully saturated rings. The summed E-state index contributed by atoms with van der Waals surface area (Å²) in [5.74, 6) is -0.412. The zero-order valence-electron chi connectivity index (χ0n) is 12.5. The fourth-order valence-corrected chi connectivity index (χ4v) is 4.26. The molecule has 0 radical (unpaired) electrons. The predicted octanol–water partition coefficient (Wildman–Crippen LogP) is 1.34. The maximum atomic E-state index is 13.7. The van der Waals surface area contributed by atoms with Crippen molar-refractivity contribution in [1.29, 1.82) is 0 Å². The van der Waals surface area contributed by atoms with Gasteiger partial charge in [-0.2, -0.15) is 4.31 Å². The van der Waals surface area contributed by atoms with E-state index in [1.165, 1.54) is 22.5 Å². The maximum Gasteiger partial charge on any atom is 0.243 e. The number of hydrogen-bond acceptors (Lipinski definition) is 4. The normalized spacial score (nSPS) is 19.6. The molecule has 0 unspecified atom stereocenters. The van der Waals surface area contributed by atoms with Gasteiger partial charge in [0.1, 0.15) is 5.82 Å². The smallest absolute Gasteiger partial charge is 0.243 e. The van der Waals surface area contributed by atoms with E-state index in [1.807, 2.05) is 13.8 Å². The monoisotopic (exact) mass is 316 g/mol. The van der Waals surface area contributed by atoms with Crippen molar-refractivity contribution in [3.63, 3.8) is 0 Å². The highest BCUT2D eigenvalue weighted by Crippen LogP contribution is 2.28. The van der Waals surface area contributed by atoms with Crippen molar-refractivity contribution in [1.82, 2.24) is 9.62 Å². The fourth-order valence-electron chi connectivity index (χ4n) is 2.45. The van der Waals surface area contributed by atoms with Gasteiger partial charge in [-0.15, -0.1) is 0 Å². The molecule has 1 aliphatic rings. The summed E-state index contributed by atoms with van der Waals surface area (Å²) in [5, 5.41) is 2.83. The molecule has 7 heteroatoms. The number of nitrogens with zero attached hydrogens (tertiary/aromatic N) is 1. The lowest BCUT2D eigenvalue weighted by atomic mass is 10.1. The van der Waals surface area contributed by atoms with Gasteiger partial charge in [0.05, 0.1) is 23.6 Å². The van der Waals surface area contributed by atoms with Crippen LogP contribution in [0.5, 0.6) is 0 Å². The minimum atomic E-state index is -3.67. The van der Waals surface area contributed by atoms with Crippen LogP contribution >= 0.6 is 0 Å². The van der Waals surface area contributed by atoms with Crippen LogP contribution in [0.4, 0.5) is 4.39 Å². The van der Waals surface area contributed by atoms with Crippen LogP contribution in [0, 0.1) is 5.82 Å². The first-order valence-corrected chi connectivity index (χ1v) is 8.26. The van der Waals surface area contributed by atoms with Crippen LogP contribution < -0.4 is 5.32 Å². The van der Waals surface area contributed by atoms with E-state index < -0.39 is 21.4 Å². The van der Waals surface area contributed by atoms with Gasteiger partial charge in [-0.1, -0.05) is 0 Å². The molecule has 1 aliphatic heterocycles. The summed E-state index contributed by atoms with van der Waals surface area (Å²) in [6.45, 7) is 4.93. The summed E-state index contributed by atoms with van der Waals surface area (Å²) >= 11 is 0. The molecule has 0 spiro atoms. The fraction of sp³-hybridized carbons (Fsp3) is 0.571. The van der Waals surface area contributed by atoms with E-state index in [1.54, 1.807) is 7.05 Å². The summed E-state index contributed by atoms with van der Waals surface area (Å²) in [7, 11) is -1.98. The van der Waals surface area contributed by atoms with E-state index in [0.29, 0.717) is 25.3 Å².